The molecule has 1 saturated heterocycles. The summed E-state index contributed by atoms with van der Waals surface area (Å²) in [5.74, 6) is -0.189. The van der Waals surface area contributed by atoms with Gasteiger partial charge in [0.05, 0.1) is 6.10 Å². The highest BCUT2D eigenvalue weighted by atomic mass is 16.5. The number of likely N-dealkylation sites (N-methyl/N-ethyl adjacent to an activating group) is 1. The number of ether oxygens (including phenoxy) is 1. The van der Waals surface area contributed by atoms with E-state index in [1.165, 1.54) is 0 Å². The zero-order valence-corrected chi connectivity index (χ0v) is 10.5. The summed E-state index contributed by atoms with van der Waals surface area (Å²) in [6, 6.07) is 0. The van der Waals surface area contributed by atoms with Gasteiger partial charge in [-0.05, 0) is 25.3 Å². The van der Waals surface area contributed by atoms with Gasteiger partial charge in [0.25, 0.3) is 0 Å². The van der Waals surface area contributed by atoms with Gasteiger partial charge in [-0.3, -0.25) is 0 Å². The van der Waals surface area contributed by atoms with Crippen molar-refractivity contribution in [3.63, 3.8) is 0 Å². The topological polar surface area (TPSA) is 49.8 Å². The van der Waals surface area contributed by atoms with Crippen molar-refractivity contribution in [1.82, 2.24) is 4.90 Å². The molecule has 94 valence electrons. The molecule has 1 N–H and O–H groups in total. The van der Waals surface area contributed by atoms with Gasteiger partial charge in [-0.25, -0.2) is 4.79 Å². The smallest absolute Gasteiger partial charge is 0.332 e. The number of rotatable bonds is 6. The summed E-state index contributed by atoms with van der Waals surface area (Å²) in [6.45, 7) is 9.42. The molecule has 0 unspecified atom stereocenters. The molecule has 0 bridgehead atoms. The molecule has 4 nitrogen and oxygen atoms in total. The van der Waals surface area contributed by atoms with Crippen molar-refractivity contribution in [3.8, 4) is 0 Å². The third-order valence-corrected chi connectivity index (χ3v) is 2.92. The molecule has 1 rings (SSSR count). The van der Waals surface area contributed by atoms with Crippen LogP contribution in [0.5, 0.6) is 0 Å². The molecule has 0 amide bonds. The molecule has 0 saturated carbocycles. The number of carboxylic acid groups (broad SMARTS) is 1. The SMILES string of the molecule is CCN(CC(C)C)C[C@H]1CC[C@@H](C(=O)O)O1. The van der Waals surface area contributed by atoms with Crippen LogP contribution in [0.1, 0.15) is 33.6 Å². The first-order chi connectivity index (χ1) is 7.52. The molecule has 1 aliphatic heterocycles. The lowest BCUT2D eigenvalue weighted by atomic mass is 10.1. The highest BCUT2D eigenvalue weighted by molar-refractivity contribution is 5.72. The predicted molar refractivity (Wildman–Crippen MR) is 62.5 cm³/mol. The Labute approximate surface area is 97.6 Å². The number of carboxylic acids is 1. The minimum atomic E-state index is -0.825. The average molecular weight is 229 g/mol. The average Bonchev–Trinajstić information content (AvgIpc) is 2.64. The number of hydrogen-bond donors (Lipinski definition) is 1. The summed E-state index contributed by atoms with van der Waals surface area (Å²) in [5, 5.41) is 8.83. The Hall–Kier alpha value is -0.610. The molecule has 0 aromatic carbocycles. The summed E-state index contributed by atoms with van der Waals surface area (Å²) < 4.78 is 5.50. The zero-order chi connectivity index (χ0) is 12.1. The fourth-order valence-electron chi connectivity index (χ4n) is 2.16. The van der Waals surface area contributed by atoms with E-state index in [0.29, 0.717) is 12.3 Å². The van der Waals surface area contributed by atoms with E-state index in [9.17, 15) is 4.79 Å². The van der Waals surface area contributed by atoms with Crippen LogP contribution in [0.4, 0.5) is 0 Å². The van der Waals surface area contributed by atoms with Gasteiger partial charge < -0.3 is 14.7 Å². The van der Waals surface area contributed by atoms with Gasteiger partial charge in [-0.2, -0.15) is 0 Å². The highest BCUT2D eigenvalue weighted by Crippen LogP contribution is 2.20. The second-order valence-electron chi connectivity index (χ2n) is 4.91. The Kier molecular flexibility index (Phi) is 5.22. The molecule has 0 aliphatic carbocycles. The number of nitrogens with zero attached hydrogens (tertiary/aromatic N) is 1. The molecule has 0 aromatic heterocycles. The summed E-state index contributed by atoms with van der Waals surface area (Å²) in [6.07, 6.45) is 1.03. The Bertz CT molecular complexity index is 230. The Morgan fingerprint density at radius 2 is 2.19 bits per heavy atom. The Morgan fingerprint density at radius 3 is 2.62 bits per heavy atom. The molecule has 0 aromatic rings. The van der Waals surface area contributed by atoms with Gasteiger partial charge in [0.2, 0.25) is 0 Å². The summed E-state index contributed by atoms with van der Waals surface area (Å²) in [7, 11) is 0. The van der Waals surface area contributed by atoms with Crippen LogP contribution in [0.2, 0.25) is 0 Å². The third kappa shape index (κ3) is 4.10. The number of hydrogen-bond acceptors (Lipinski definition) is 3. The maximum Gasteiger partial charge on any atom is 0.332 e. The molecule has 0 spiro atoms. The van der Waals surface area contributed by atoms with Crippen LogP contribution in [0.3, 0.4) is 0 Å². The van der Waals surface area contributed by atoms with E-state index in [1.54, 1.807) is 0 Å². The first kappa shape index (κ1) is 13.5. The molecule has 4 heteroatoms. The molecule has 1 fully saturated rings. The first-order valence-electron chi connectivity index (χ1n) is 6.13. The molecule has 0 radical (unpaired) electrons. The molecule has 1 heterocycles. The van der Waals surface area contributed by atoms with Gasteiger partial charge in [-0.1, -0.05) is 20.8 Å². The van der Waals surface area contributed by atoms with Crippen LogP contribution in [-0.2, 0) is 9.53 Å². The minimum Gasteiger partial charge on any atom is -0.479 e. The van der Waals surface area contributed by atoms with Crippen LogP contribution in [0, 0.1) is 5.92 Å². The lowest BCUT2D eigenvalue weighted by Crippen LogP contribution is -2.35. The van der Waals surface area contributed by atoms with E-state index < -0.39 is 12.1 Å². The summed E-state index contributed by atoms with van der Waals surface area (Å²) in [4.78, 5) is 13.1. The summed E-state index contributed by atoms with van der Waals surface area (Å²) >= 11 is 0. The standard InChI is InChI=1S/C12H23NO3/c1-4-13(7-9(2)3)8-10-5-6-11(16-10)12(14)15/h9-11H,4-8H2,1-3H3,(H,14,15)/t10-,11+/m1/s1. The minimum absolute atomic E-state index is 0.0970. The molecular formula is C12H23NO3. The number of carbonyl (C=O) groups is 1. The molecule has 2 atom stereocenters. The monoisotopic (exact) mass is 229 g/mol. The lowest BCUT2D eigenvalue weighted by molar-refractivity contribution is -0.149. The third-order valence-electron chi connectivity index (χ3n) is 2.92. The fourth-order valence-corrected chi connectivity index (χ4v) is 2.16. The van der Waals surface area contributed by atoms with Crippen molar-refractivity contribution in [2.24, 2.45) is 5.92 Å². The van der Waals surface area contributed by atoms with E-state index in [2.05, 4.69) is 25.7 Å². The van der Waals surface area contributed by atoms with Crippen LogP contribution in [-0.4, -0.2) is 47.8 Å². The van der Waals surface area contributed by atoms with Crippen LogP contribution < -0.4 is 0 Å². The van der Waals surface area contributed by atoms with Crippen molar-refractivity contribution in [2.75, 3.05) is 19.6 Å². The Balaban J connectivity index is 2.34. The highest BCUT2D eigenvalue weighted by Gasteiger charge is 2.31. The molecule has 1 aliphatic rings. The van der Waals surface area contributed by atoms with Gasteiger partial charge in [-0.15, -0.1) is 0 Å². The normalized spacial score (nSPS) is 25.6. The predicted octanol–water partition coefficient (Wildman–Crippen LogP) is 1.60. The second kappa shape index (κ2) is 6.21. The molecule has 16 heavy (non-hydrogen) atoms. The van der Waals surface area contributed by atoms with Crippen molar-refractivity contribution in [1.29, 1.82) is 0 Å². The van der Waals surface area contributed by atoms with Crippen molar-refractivity contribution < 1.29 is 14.6 Å². The zero-order valence-electron chi connectivity index (χ0n) is 10.5. The van der Waals surface area contributed by atoms with E-state index in [4.69, 9.17) is 9.84 Å². The van der Waals surface area contributed by atoms with Gasteiger partial charge >= 0.3 is 5.97 Å². The van der Waals surface area contributed by atoms with Crippen molar-refractivity contribution in [3.05, 3.63) is 0 Å². The van der Waals surface area contributed by atoms with Crippen LogP contribution in [0.15, 0.2) is 0 Å². The number of aliphatic carboxylic acids is 1. The van der Waals surface area contributed by atoms with Gasteiger partial charge in [0.1, 0.15) is 0 Å². The van der Waals surface area contributed by atoms with Crippen molar-refractivity contribution in [2.45, 2.75) is 45.8 Å². The second-order valence-corrected chi connectivity index (χ2v) is 4.91. The van der Waals surface area contributed by atoms with Gasteiger partial charge in [0.15, 0.2) is 6.10 Å². The maximum absolute atomic E-state index is 10.7. The lowest BCUT2D eigenvalue weighted by Gasteiger charge is -2.25. The maximum atomic E-state index is 10.7. The van der Waals surface area contributed by atoms with Gasteiger partial charge in [0, 0.05) is 13.1 Å². The van der Waals surface area contributed by atoms with Crippen LogP contribution >= 0.6 is 0 Å². The fraction of sp³-hybridized carbons (Fsp3) is 0.917. The van der Waals surface area contributed by atoms with E-state index in [0.717, 1.165) is 26.1 Å². The van der Waals surface area contributed by atoms with E-state index in [-0.39, 0.29) is 6.10 Å². The summed E-state index contributed by atoms with van der Waals surface area (Å²) in [5.41, 5.74) is 0. The van der Waals surface area contributed by atoms with E-state index in [1.807, 2.05) is 0 Å². The van der Waals surface area contributed by atoms with Crippen molar-refractivity contribution >= 4 is 5.97 Å². The quantitative estimate of drug-likeness (QED) is 0.751. The van der Waals surface area contributed by atoms with E-state index >= 15 is 0 Å². The largest absolute Gasteiger partial charge is 0.479 e. The van der Waals surface area contributed by atoms with Crippen LogP contribution in [0.25, 0.3) is 0 Å². The molecular weight excluding hydrogens is 206 g/mol. The first-order valence-corrected chi connectivity index (χ1v) is 6.13. The Morgan fingerprint density at radius 1 is 1.50 bits per heavy atom.